The smallest absolute Gasteiger partial charge is 0.297 e. The first-order chi connectivity index (χ1) is 4.45. The van der Waals surface area contributed by atoms with Gasteiger partial charge in [-0.05, 0) is 26.2 Å². The second-order valence-corrected chi connectivity index (χ2v) is 11.5. The minimum atomic E-state index is -1.30. The van der Waals surface area contributed by atoms with Gasteiger partial charge in [-0.3, -0.25) is 0 Å². The first-order valence-corrected chi connectivity index (χ1v) is 11.2. The van der Waals surface area contributed by atoms with Gasteiger partial charge in [-0.25, -0.2) is 0 Å². The van der Waals surface area contributed by atoms with Crippen LogP contribution in [0.2, 0.25) is 32.7 Å². The third-order valence-corrected chi connectivity index (χ3v) is 8.29. The van der Waals surface area contributed by atoms with Crippen molar-refractivity contribution in [2.45, 2.75) is 32.7 Å². The first kappa shape index (κ1) is 10.6. The molecule has 0 aromatic carbocycles. The van der Waals surface area contributed by atoms with Crippen molar-refractivity contribution in [2.24, 2.45) is 0 Å². The molecule has 10 heavy (non-hydrogen) atoms. The minimum absolute atomic E-state index is 0.243. The maximum atomic E-state index is 5.77. The molecule has 0 radical (unpaired) electrons. The molecule has 0 aliphatic rings. The Morgan fingerprint density at radius 3 is 2.10 bits per heavy atom. The molecule has 62 valence electrons. The van der Waals surface area contributed by atoms with Crippen LogP contribution in [0.15, 0.2) is 0 Å². The fourth-order valence-corrected chi connectivity index (χ4v) is 7.51. The zero-order valence-electron chi connectivity index (χ0n) is 7.60. The van der Waals surface area contributed by atoms with Crippen molar-refractivity contribution >= 4 is 27.4 Å². The van der Waals surface area contributed by atoms with Gasteiger partial charge in [0, 0.05) is 0 Å². The van der Waals surface area contributed by atoms with Gasteiger partial charge < -0.3 is 8.23 Å². The van der Waals surface area contributed by atoms with Crippen LogP contribution in [0, 0.1) is 0 Å². The van der Waals surface area contributed by atoms with E-state index in [0.717, 1.165) is 0 Å². The summed E-state index contributed by atoms with van der Waals surface area (Å²) in [7, 11) is -2.75. The van der Waals surface area contributed by atoms with Gasteiger partial charge >= 0.3 is 0 Å². The van der Waals surface area contributed by atoms with Crippen LogP contribution >= 0.6 is 0 Å². The summed E-state index contributed by atoms with van der Waals surface area (Å²) in [5.41, 5.74) is 0. The molecule has 0 bridgehead atoms. The molecule has 0 spiro atoms. The van der Waals surface area contributed by atoms with Gasteiger partial charge in [0.25, 0.3) is 9.28 Å². The van der Waals surface area contributed by atoms with Crippen LogP contribution in [-0.2, 0) is 8.23 Å². The van der Waals surface area contributed by atoms with E-state index in [1.165, 1.54) is 0 Å². The third-order valence-electron chi connectivity index (χ3n) is 0.921. The Kier molecular flexibility index (Phi) is 4.70. The normalized spacial score (nSPS) is 16.5. The molecule has 1 unspecified atom stereocenters. The van der Waals surface area contributed by atoms with Crippen molar-refractivity contribution in [3.8, 4) is 0 Å². The third kappa shape index (κ3) is 6.69. The summed E-state index contributed by atoms with van der Waals surface area (Å²) >= 11 is 0. The molecule has 0 aromatic heterocycles. The summed E-state index contributed by atoms with van der Waals surface area (Å²) < 4.78 is 11.3. The summed E-state index contributed by atoms with van der Waals surface area (Å²) in [6.45, 7) is 10.9. The lowest BCUT2D eigenvalue weighted by Crippen LogP contribution is -2.35. The van der Waals surface area contributed by atoms with Crippen LogP contribution in [0.1, 0.15) is 0 Å². The van der Waals surface area contributed by atoms with Crippen molar-refractivity contribution in [3.05, 3.63) is 0 Å². The maximum absolute atomic E-state index is 5.77. The average molecular weight is 194 g/mol. The van der Waals surface area contributed by atoms with E-state index in [4.69, 9.17) is 8.23 Å². The maximum Gasteiger partial charge on any atom is 0.297 e. The molecule has 1 atom stereocenters. The number of hydrogen-bond donors (Lipinski definition) is 0. The summed E-state index contributed by atoms with van der Waals surface area (Å²) in [4.78, 5) is 0. The Labute approximate surface area is 68.9 Å². The second kappa shape index (κ2) is 4.45. The highest BCUT2D eigenvalue weighted by Gasteiger charge is 2.18. The molecule has 0 rings (SSSR count). The predicted molar refractivity (Wildman–Crippen MR) is 52.9 cm³/mol. The van der Waals surface area contributed by atoms with Gasteiger partial charge in [-0.2, -0.15) is 0 Å². The van der Waals surface area contributed by atoms with Crippen molar-refractivity contribution in [1.82, 2.24) is 0 Å². The van der Waals surface area contributed by atoms with Crippen molar-refractivity contribution in [3.63, 3.8) is 0 Å². The molecule has 0 N–H and O–H groups in total. The van der Waals surface area contributed by atoms with Gasteiger partial charge in [0.15, 0.2) is 8.32 Å². The van der Waals surface area contributed by atoms with Crippen LogP contribution in [0.4, 0.5) is 0 Å². The quantitative estimate of drug-likeness (QED) is 0.618. The Bertz CT molecular complexity index is 91.4. The van der Waals surface area contributed by atoms with E-state index in [9.17, 15) is 0 Å². The Morgan fingerprint density at radius 2 is 1.80 bits per heavy atom. The van der Waals surface area contributed by atoms with Crippen LogP contribution in [0.25, 0.3) is 0 Å². The highest BCUT2D eigenvalue weighted by atomic mass is 28.4. The number of rotatable bonds is 4. The molecular weight excluding hydrogens is 176 g/mol. The Balaban J connectivity index is 3.47. The minimum Gasteiger partial charge on any atom is -0.444 e. The molecule has 0 amide bonds. The molecule has 0 saturated carbocycles. The standard InChI is InChI=1S/C5H18O2Si3/c1-8-6-9(2)7-10(3,4)5/h9H,8H2,1-5H3. The molecule has 0 heterocycles. The fraction of sp³-hybridized carbons (Fsp3) is 1.00. The molecular formula is C5H18O2Si3. The van der Waals surface area contributed by atoms with Crippen LogP contribution in [-0.4, -0.2) is 27.4 Å². The van der Waals surface area contributed by atoms with Gasteiger partial charge in [0.1, 0.15) is 9.76 Å². The zero-order chi connectivity index (χ0) is 8.20. The zero-order valence-corrected chi connectivity index (χ0v) is 11.2. The van der Waals surface area contributed by atoms with Gasteiger partial charge in [-0.1, -0.05) is 6.55 Å². The Morgan fingerprint density at radius 1 is 1.30 bits per heavy atom. The SMILES string of the molecule is C[SiH2]O[SiH](C)O[Si](C)(C)C. The summed E-state index contributed by atoms with van der Waals surface area (Å²) in [6, 6.07) is 0. The second-order valence-electron chi connectivity index (χ2n) is 3.25. The van der Waals surface area contributed by atoms with E-state index in [1.54, 1.807) is 0 Å². The fourth-order valence-electron chi connectivity index (χ4n) is 0.767. The van der Waals surface area contributed by atoms with Crippen LogP contribution in [0.5, 0.6) is 0 Å². The Hall–Kier alpha value is 0.571. The molecule has 0 aliphatic carbocycles. The van der Waals surface area contributed by atoms with Crippen molar-refractivity contribution < 1.29 is 8.23 Å². The van der Waals surface area contributed by atoms with Crippen molar-refractivity contribution in [2.75, 3.05) is 0 Å². The monoisotopic (exact) mass is 194 g/mol. The van der Waals surface area contributed by atoms with E-state index in [2.05, 4.69) is 32.7 Å². The summed E-state index contributed by atoms with van der Waals surface area (Å²) in [5, 5.41) is 0. The molecule has 5 heteroatoms. The number of hydrogen-bond acceptors (Lipinski definition) is 2. The molecule has 2 nitrogen and oxygen atoms in total. The van der Waals surface area contributed by atoms with Crippen LogP contribution in [0.3, 0.4) is 0 Å². The largest absolute Gasteiger partial charge is 0.444 e. The molecule has 0 saturated heterocycles. The highest BCUT2D eigenvalue weighted by molar-refractivity contribution is 6.76. The molecule has 0 fully saturated rings. The van der Waals surface area contributed by atoms with Gasteiger partial charge in [-0.15, -0.1) is 0 Å². The van der Waals surface area contributed by atoms with E-state index in [-0.39, 0.29) is 9.76 Å². The van der Waals surface area contributed by atoms with E-state index >= 15 is 0 Å². The van der Waals surface area contributed by atoms with Crippen molar-refractivity contribution in [1.29, 1.82) is 0 Å². The lowest BCUT2D eigenvalue weighted by Gasteiger charge is -2.22. The lowest BCUT2D eigenvalue weighted by atomic mass is 11.8. The van der Waals surface area contributed by atoms with Crippen LogP contribution < -0.4 is 0 Å². The van der Waals surface area contributed by atoms with E-state index in [1.807, 2.05) is 0 Å². The summed E-state index contributed by atoms with van der Waals surface area (Å²) in [6.07, 6.45) is 0. The molecule has 0 aliphatic heterocycles. The predicted octanol–water partition coefficient (Wildman–Crippen LogP) is 0.837. The van der Waals surface area contributed by atoms with E-state index < -0.39 is 17.6 Å². The molecule has 0 aromatic rings. The highest BCUT2D eigenvalue weighted by Crippen LogP contribution is 2.04. The topological polar surface area (TPSA) is 18.5 Å². The van der Waals surface area contributed by atoms with Gasteiger partial charge in [0.2, 0.25) is 0 Å². The van der Waals surface area contributed by atoms with E-state index in [0.29, 0.717) is 0 Å². The lowest BCUT2D eigenvalue weighted by molar-refractivity contribution is 0.446. The average Bonchev–Trinajstić information content (AvgIpc) is 1.59. The summed E-state index contributed by atoms with van der Waals surface area (Å²) in [5.74, 6) is 0. The first-order valence-electron chi connectivity index (χ1n) is 3.75. The van der Waals surface area contributed by atoms with Gasteiger partial charge in [0.05, 0.1) is 0 Å².